The Balaban J connectivity index is 1.54. The van der Waals surface area contributed by atoms with Crippen molar-refractivity contribution < 1.29 is 9.53 Å². The van der Waals surface area contributed by atoms with Crippen LogP contribution in [0.3, 0.4) is 0 Å². The lowest BCUT2D eigenvalue weighted by atomic mass is 10.2. The number of aromatic nitrogens is 2. The van der Waals surface area contributed by atoms with Crippen LogP contribution in [0.25, 0.3) is 5.69 Å². The molecule has 1 heterocycles. The summed E-state index contributed by atoms with van der Waals surface area (Å²) in [6.07, 6.45) is 0. The molecule has 0 aliphatic carbocycles. The molecule has 0 aliphatic rings. The number of methoxy groups -OCH3 is 1. The third-order valence-corrected chi connectivity index (χ3v) is 5.73. The van der Waals surface area contributed by atoms with Crippen molar-refractivity contribution in [1.82, 2.24) is 9.78 Å². The molecule has 4 rings (SSSR count). The van der Waals surface area contributed by atoms with Crippen LogP contribution >= 0.6 is 23.4 Å². The molecule has 0 spiro atoms. The number of ether oxygens (including phenoxy) is 1. The van der Waals surface area contributed by atoms with Gasteiger partial charge in [-0.1, -0.05) is 35.5 Å². The molecular formula is C24H18ClN3O3S. The van der Waals surface area contributed by atoms with Crippen molar-refractivity contribution in [2.24, 2.45) is 0 Å². The molecule has 0 radical (unpaired) electrons. The lowest BCUT2D eigenvalue weighted by Crippen LogP contribution is -2.20. The monoisotopic (exact) mass is 463 g/mol. The van der Waals surface area contributed by atoms with Gasteiger partial charge in [-0.25, -0.2) is 0 Å². The molecule has 0 atom stereocenters. The van der Waals surface area contributed by atoms with Gasteiger partial charge in [0.2, 0.25) is 0 Å². The highest BCUT2D eigenvalue weighted by Gasteiger charge is 2.11. The Morgan fingerprint density at radius 2 is 1.69 bits per heavy atom. The topological polar surface area (TPSA) is 73.2 Å². The fraction of sp³-hybridized carbons (Fsp3) is 0.0417. The number of rotatable bonds is 6. The molecule has 0 fully saturated rings. The Morgan fingerprint density at radius 1 is 0.969 bits per heavy atom. The molecule has 8 heteroatoms. The predicted molar refractivity (Wildman–Crippen MR) is 126 cm³/mol. The van der Waals surface area contributed by atoms with Gasteiger partial charge in [0.05, 0.1) is 18.5 Å². The first-order chi connectivity index (χ1) is 15.5. The highest BCUT2D eigenvalue weighted by atomic mass is 35.5. The van der Waals surface area contributed by atoms with Crippen LogP contribution in [-0.4, -0.2) is 22.8 Å². The maximum Gasteiger partial charge on any atom is 0.271 e. The molecule has 0 unspecified atom stereocenters. The van der Waals surface area contributed by atoms with Crippen LogP contribution in [-0.2, 0) is 0 Å². The third kappa shape index (κ3) is 5.01. The molecule has 3 aromatic carbocycles. The fourth-order valence-electron chi connectivity index (χ4n) is 2.95. The predicted octanol–water partition coefficient (Wildman–Crippen LogP) is 5.30. The van der Waals surface area contributed by atoms with E-state index in [1.54, 1.807) is 61.7 Å². The Hall–Kier alpha value is -3.55. The van der Waals surface area contributed by atoms with E-state index in [0.717, 1.165) is 4.90 Å². The third-order valence-electron chi connectivity index (χ3n) is 4.54. The van der Waals surface area contributed by atoms with Crippen LogP contribution in [0.4, 0.5) is 5.69 Å². The number of anilines is 1. The van der Waals surface area contributed by atoms with Crippen LogP contribution in [0.5, 0.6) is 5.75 Å². The molecule has 32 heavy (non-hydrogen) atoms. The van der Waals surface area contributed by atoms with Crippen LogP contribution in [0.2, 0.25) is 5.02 Å². The highest BCUT2D eigenvalue weighted by Crippen LogP contribution is 2.27. The average molecular weight is 464 g/mol. The summed E-state index contributed by atoms with van der Waals surface area (Å²) in [5, 5.41) is 8.58. The summed E-state index contributed by atoms with van der Waals surface area (Å²) in [5.74, 6) is 0.289. The minimum absolute atomic E-state index is 0.267. The van der Waals surface area contributed by atoms with Crippen molar-refractivity contribution in [2.45, 2.75) is 9.92 Å². The van der Waals surface area contributed by atoms with E-state index < -0.39 is 0 Å². The van der Waals surface area contributed by atoms with Gasteiger partial charge in [0.1, 0.15) is 10.8 Å². The van der Waals surface area contributed by atoms with E-state index in [4.69, 9.17) is 16.3 Å². The van der Waals surface area contributed by atoms with Crippen molar-refractivity contribution in [3.63, 3.8) is 0 Å². The second kappa shape index (κ2) is 9.72. The van der Waals surface area contributed by atoms with Crippen LogP contribution in [0.1, 0.15) is 10.4 Å². The Bertz CT molecular complexity index is 1310. The second-order valence-electron chi connectivity index (χ2n) is 6.68. The molecule has 160 valence electrons. The van der Waals surface area contributed by atoms with Crippen molar-refractivity contribution in [3.05, 3.63) is 106 Å². The Kier molecular flexibility index (Phi) is 6.58. The number of hydrogen-bond donors (Lipinski definition) is 1. The summed E-state index contributed by atoms with van der Waals surface area (Å²) >= 11 is 7.35. The largest absolute Gasteiger partial charge is 0.495 e. The highest BCUT2D eigenvalue weighted by molar-refractivity contribution is 7.99. The summed E-state index contributed by atoms with van der Waals surface area (Å²) in [6, 6.07) is 24.3. The number of benzene rings is 3. The van der Waals surface area contributed by atoms with Gasteiger partial charge in [0.15, 0.2) is 0 Å². The zero-order valence-electron chi connectivity index (χ0n) is 17.0. The number of nitrogens with one attached hydrogen (secondary N) is 1. The van der Waals surface area contributed by atoms with Crippen LogP contribution < -0.4 is 15.6 Å². The van der Waals surface area contributed by atoms with E-state index in [2.05, 4.69) is 10.4 Å². The van der Waals surface area contributed by atoms with Crippen molar-refractivity contribution in [3.8, 4) is 11.4 Å². The van der Waals surface area contributed by atoms with Gasteiger partial charge in [-0.15, -0.1) is 0 Å². The summed E-state index contributed by atoms with van der Waals surface area (Å²) in [4.78, 5) is 25.9. The quantitative estimate of drug-likeness (QED) is 0.420. The van der Waals surface area contributed by atoms with Crippen LogP contribution in [0, 0.1) is 0 Å². The van der Waals surface area contributed by atoms with Gasteiger partial charge in [-0.2, -0.15) is 9.78 Å². The summed E-state index contributed by atoms with van der Waals surface area (Å²) in [5.41, 5.74) is 1.31. The Morgan fingerprint density at radius 3 is 2.41 bits per heavy atom. The number of carbonyl (C=O) groups excluding carboxylic acids is 1. The minimum atomic E-state index is -0.284. The zero-order valence-corrected chi connectivity index (χ0v) is 18.6. The first-order valence-corrected chi connectivity index (χ1v) is 10.8. The van der Waals surface area contributed by atoms with E-state index in [1.165, 1.54) is 22.5 Å². The van der Waals surface area contributed by atoms with Crippen LogP contribution in [0.15, 0.2) is 99.6 Å². The first-order valence-electron chi connectivity index (χ1n) is 9.62. The molecule has 1 N–H and O–H groups in total. The van der Waals surface area contributed by atoms with E-state index >= 15 is 0 Å². The standard InChI is InChI=1S/C24H18ClN3O3S/c1-31-21-5-3-2-4-20(21)26-24(30)16-6-10-18(11-7-16)28-23(29)15-14-22(27-28)32-19-12-8-17(25)9-13-19/h2-15H,1H3,(H,26,30). The lowest BCUT2D eigenvalue weighted by Gasteiger charge is -2.11. The van der Waals surface area contributed by atoms with E-state index in [-0.39, 0.29) is 11.5 Å². The van der Waals surface area contributed by atoms with Gasteiger partial charge in [-0.05, 0) is 66.7 Å². The number of hydrogen-bond acceptors (Lipinski definition) is 5. The number of nitrogens with zero attached hydrogens (tertiary/aromatic N) is 2. The normalized spacial score (nSPS) is 10.6. The van der Waals surface area contributed by atoms with E-state index in [9.17, 15) is 9.59 Å². The second-order valence-corrected chi connectivity index (χ2v) is 8.21. The summed E-state index contributed by atoms with van der Waals surface area (Å²) in [7, 11) is 1.55. The van der Waals surface area contributed by atoms with Gasteiger partial charge in [0.25, 0.3) is 11.5 Å². The zero-order chi connectivity index (χ0) is 22.5. The van der Waals surface area contributed by atoms with Crippen molar-refractivity contribution >= 4 is 35.0 Å². The van der Waals surface area contributed by atoms with Gasteiger partial charge in [0, 0.05) is 21.5 Å². The van der Waals surface area contributed by atoms with Crippen molar-refractivity contribution in [1.29, 1.82) is 0 Å². The maximum atomic E-state index is 12.6. The number of halogens is 1. The first kappa shape index (κ1) is 21.7. The van der Waals surface area contributed by atoms with Gasteiger partial charge in [-0.3, -0.25) is 9.59 Å². The summed E-state index contributed by atoms with van der Waals surface area (Å²) in [6.45, 7) is 0. The molecular weight excluding hydrogens is 446 g/mol. The SMILES string of the molecule is COc1ccccc1NC(=O)c1ccc(-n2nc(Sc3ccc(Cl)cc3)ccc2=O)cc1. The smallest absolute Gasteiger partial charge is 0.271 e. The molecule has 1 aromatic heterocycles. The molecule has 1 amide bonds. The number of carbonyl (C=O) groups is 1. The van der Waals surface area contributed by atoms with E-state index in [1.807, 2.05) is 24.3 Å². The number of amides is 1. The Labute approximate surface area is 193 Å². The number of para-hydroxylation sites is 2. The van der Waals surface area contributed by atoms with Gasteiger partial charge < -0.3 is 10.1 Å². The molecule has 0 aliphatic heterocycles. The minimum Gasteiger partial charge on any atom is -0.495 e. The lowest BCUT2D eigenvalue weighted by molar-refractivity contribution is 0.102. The van der Waals surface area contributed by atoms with Gasteiger partial charge >= 0.3 is 0 Å². The molecule has 4 aromatic rings. The molecule has 0 saturated carbocycles. The fourth-order valence-corrected chi connectivity index (χ4v) is 3.85. The van der Waals surface area contributed by atoms with Crippen molar-refractivity contribution in [2.75, 3.05) is 12.4 Å². The molecule has 0 saturated heterocycles. The van der Waals surface area contributed by atoms with E-state index in [0.29, 0.717) is 32.7 Å². The molecule has 0 bridgehead atoms. The maximum absolute atomic E-state index is 12.6. The summed E-state index contributed by atoms with van der Waals surface area (Å²) < 4.78 is 6.57. The average Bonchev–Trinajstić information content (AvgIpc) is 2.82. The molecule has 6 nitrogen and oxygen atoms in total.